The van der Waals surface area contributed by atoms with E-state index >= 15 is 0 Å². The molecule has 0 amide bonds. The Bertz CT molecular complexity index is 360. The maximum absolute atomic E-state index is 12.9. The summed E-state index contributed by atoms with van der Waals surface area (Å²) in [5.74, 6) is -0.154. The van der Waals surface area contributed by atoms with E-state index in [0.29, 0.717) is 4.75 Å². The predicted molar refractivity (Wildman–Crippen MR) is 52.7 cm³/mol. The van der Waals surface area contributed by atoms with Crippen molar-refractivity contribution in [3.8, 4) is 0 Å². The third kappa shape index (κ3) is 1.22. The molecule has 1 saturated carbocycles. The minimum Gasteiger partial charge on any atom is -0.383 e. The first-order chi connectivity index (χ1) is 6.27. The van der Waals surface area contributed by atoms with E-state index in [4.69, 9.17) is 0 Å². The van der Waals surface area contributed by atoms with Crippen LogP contribution in [0.25, 0.3) is 0 Å². The molecule has 1 spiro atoms. The molecule has 1 fully saturated rings. The highest BCUT2D eigenvalue weighted by Crippen LogP contribution is 2.55. The fourth-order valence-electron chi connectivity index (χ4n) is 1.67. The molecule has 0 saturated heterocycles. The Labute approximate surface area is 80.7 Å². The van der Waals surface area contributed by atoms with Gasteiger partial charge < -0.3 is 5.32 Å². The zero-order valence-corrected chi connectivity index (χ0v) is 7.96. The topological polar surface area (TPSA) is 12.0 Å². The molecule has 1 aliphatic heterocycles. The summed E-state index contributed by atoms with van der Waals surface area (Å²) in [6.45, 7) is 0.994. The molecule has 2 aliphatic rings. The van der Waals surface area contributed by atoms with Gasteiger partial charge >= 0.3 is 0 Å². The Kier molecular flexibility index (Phi) is 1.42. The summed E-state index contributed by atoms with van der Waals surface area (Å²) in [5, 5.41) is 3.30. The van der Waals surface area contributed by atoms with Gasteiger partial charge in [-0.05, 0) is 31.0 Å². The maximum atomic E-state index is 12.9. The first kappa shape index (κ1) is 7.68. The van der Waals surface area contributed by atoms with Crippen LogP contribution >= 0.6 is 11.8 Å². The number of halogens is 1. The summed E-state index contributed by atoms with van der Waals surface area (Å²) in [4.78, 5) is 1.20. The van der Waals surface area contributed by atoms with Gasteiger partial charge in [0.2, 0.25) is 0 Å². The Morgan fingerprint density at radius 1 is 1.38 bits per heavy atom. The van der Waals surface area contributed by atoms with Crippen LogP contribution in [0, 0.1) is 5.82 Å². The monoisotopic (exact) mass is 195 g/mol. The number of thioether (sulfide) groups is 1. The van der Waals surface area contributed by atoms with Gasteiger partial charge in [0.05, 0.1) is 5.69 Å². The van der Waals surface area contributed by atoms with Gasteiger partial charge in [0, 0.05) is 16.2 Å². The highest BCUT2D eigenvalue weighted by Gasteiger charge is 2.45. The molecule has 1 N–H and O–H groups in total. The average Bonchev–Trinajstić information content (AvgIpc) is 2.87. The zero-order valence-electron chi connectivity index (χ0n) is 7.14. The molecule has 1 nitrogen and oxygen atoms in total. The van der Waals surface area contributed by atoms with Crippen LogP contribution in [-0.4, -0.2) is 11.3 Å². The molecular formula is C10H10FNS. The fraction of sp³-hybridized carbons (Fsp3) is 0.400. The standard InChI is InChI=1S/C10H10FNS/c11-7-1-2-9-8(5-7)12-6-10(13-9)3-4-10/h1-2,5,12H,3-4,6H2. The Morgan fingerprint density at radius 3 is 3.00 bits per heavy atom. The number of fused-ring (bicyclic) bond motifs is 1. The molecule has 13 heavy (non-hydrogen) atoms. The summed E-state index contributed by atoms with van der Waals surface area (Å²) in [5.41, 5.74) is 0.961. The molecule has 3 rings (SSSR count). The molecular weight excluding hydrogens is 185 g/mol. The highest BCUT2D eigenvalue weighted by molar-refractivity contribution is 8.01. The van der Waals surface area contributed by atoms with Crippen LogP contribution in [0.2, 0.25) is 0 Å². The molecule has 1 aromatic rings. The molecule has 0 unspecified atom stereocenters. The van der Waals surface area contributed by atoms with Crippen molar-refractivity contribution in [3.05, 3.63) is 24.0 Å². The Morgan fingerprint density at radius 2 is 2.23 bits per heavy atom. The Balaban J connectivity index is 2.00. The summed E-state index contributed by atoms with van der Waals surface area (Å²) in [6, 6.07) is 4.99. The van der Waals surface area contributed by atoms with Gasteiger partial charge in [0.25, 0.3) is 0 Å². The van der Waals surface area contributed by atoms with Gasteiger partial charge in [-0.2, -0.15) is 0 Å². The summed E-state index contributed by atoms with van der Waals surface area (Å²) < 4.78 is 13.3. The minimum atomic E-state index is -0.154. The van der Waals surface area contributed by atoms with E-state index in [9.17, 15) is 4.39 Å². The largest absolute Gasteiger partial charge is 0.383 e. The molecule has 1 aliphatic carbocycles. The van der Waals surface area contributed by atoms with E-state index in [2.05, 4.69) is 5.32 Å². The van der Waals surface area contributed by atoms with Crippen molar-refractivity contribution in [2.24, 2.45) is 0 Å². The van der Waals surface area contributed by atoms with Crippen molar-refractivity contribution in [1.29, 1.82) is 0 Å². The van der Waals surface area contributed by atoms with E-state index in [1.807, 2.05) is 17.8 Å². The van der Waals surface area contributed by atoms with Crippen molar-refractivity contribution < 1.29 is 4.39 Å². The lowest BCUT2D eigenvalue weighted by atomic mass is 10.3. The van der Waals surface area contributed by atoms with E-state index in [-0.39, 0.29) is 5.82 Å². The van der Waals surface area contributed by atoms with Crippen LogP contribution in [0.3, 0.4) is 0 Å². The number of anilines is 1. The van der Waals surface area contributed by atoms with Crippen LogP contribution in [0.4, 0.5) is 10.1 Å². The van der Waals surface area contributed by atoms with Crippen LogP contribution in [0.5, 0.6) is 0 Å². The van der Waals surface area contributed by atoms with Gasteiger partial charge in [0.15, 0.2) is 0 Å². The molecule has 0 atom stereocenters. The van der Waals surface area contributed by atoms with Crippen molar-refractivity contribution in [1.82, 2.24) is 0 Å². The normalized spacial score (nSPS) is 22.2. The fourth-order valence-corrected chi connectivity index (χ4v) is 2.97. The van der Waals surface area contributed by atoms with Crippen LogP contribution < -0.4 is 5.32 Å². The molecule has 3 heteroatoms. The van der Waals surface area contributed by atoms with Crippen LogP contribution in [-0.2, 0) is 0 Å². The predicted octanol–water partition coefficient (Wildman–Crippen LogP) is 2.88. The van der Waals surface area contributed by atoms with E-state index in [0.717, 1.165) is 12.2 Å². The smallest absolute Gasteiger partial charge is 0.125 e. The highest BCUT2D eigenvalue weighted by atomic mass is 32.2. The molecule has 0 aromatic heterocycles. The number of benzene rings is 1. The van der Waals surface area contributed by atoms with Crippen molar-refractivity contribution >= 4 is 17.4 Å². The summed E-state index contributed by atoms with van der Waals surface area (Å²) in [7, 11) is 0. The van der Waals surface area contributed by atoms with Crippen molar-refractivity contribution in [3.63, 3.8) is 0 Å². The zero-order chi connectivity index (χ0) is 8.89. The number of hydrogen-bond donors (Lipinski definition) is 1. The second-order valence-corrected chi connectivity index (χ2v) is 5.29. The third-order valence-electron chi connectivity index (χ3n) is 2.68. The molecule has 68 valence electrons. The number of rotatable bonds is 0. The van der Waals surface area contributed by atoms with Crippen molar-refractivity contribution in [2.75, 3.05) is 11.9 Å². The van der Waals surface area contributed by atoms with E-state index < -0.39 is 0 Å². The molecule has 0 radical (unpaired) electrons. The first-order valence-electron chi connectivity index (χ1n) is 4.50. The maximum Gasteiger partial charge on any atom is 0.125 e. The quantitative estimate of drug-likeness (QED) is 0.683. The second kappa shape index (κ2) is 2.41. The van der Waals surface area contributed by atoms with Gasteiger partial charge in [-0.15, -0.1) is 11.8 Å². The minimum absolute atomic E-state index is 0.154. The van der Waals surface area contributed by atoms with Crippen molar-refractivity contribution in [2.45, 2.75) is 22.5 Å². The molecule has 1 aromatic carbocycles. The van der Waals surface area contributed by atoms with Crippen LogP contribution in [0.1, 0.15) is 12.8 Å². The number of nitrogens with one attached hydrogen (secondary N) is 1. The van der Waals surface area contributed by atoms with Crippen LogP contribution in [0.15, 0.2) is 23.1 Å². The lowest BCUT2D eigenvalue weighted by molar-refractivity contribution is 0.626. The van der Waals surface area contributed by atoms with Gasteiger partial charge in [-0.3, -0.25) is 0 Å². The number of hydrogen-bond acceptors (Lipinski definition) is 2. The Hall–Kier alpha value is -0.700. The molecule has 1 heterocycles. The van der Waals surface area contributed by atoms with E-state index in [1.54, 1.807) is 6.07 Å². The van der Waals surface area contributed by atoms with Gasteiger partial charge in [-0.1, -0.05) is 0 Å². The van der Waals surface area contributed by atoms with Gasteiger partial charge in [0.1, 0.15) is 5.82 Å². The summed E-state index contributed by atoms with van der Waals surface area (Å²) in [6.07, 6.45) is 2.59. The molecule has 0 bridgehead atoms. The van der Waals surface area contributed by atoms with Gasteiger partial charge in [-0.25, -0.2) is 4.39 Å². The third-order valence-corrected chi connectivity index (χ3v) is 4.24. The second-order valence-electron chi connectivity index (χ2n) is 3.78. The summed E-state index contributed by atoms with van der Waals surface area (Å²) >= 11 is 1.90. The van der Waals surface area contributed by atoms with E-state index in [1.165, 1.54) is 23.8 Å². The lowest BCUT2D eigenvalue weighted by Crippen LogP contribution is -2.22. The lowest BCUT2D eigenvalue weighted by Gasteiger charge is -2.25. The average molecular weight is 195 g/mol. The SMILES string of the molecule is Fc1ccc2c(c1)NCC1(CC1)S2. The first-order valence-corrected chi connectivity index (χ1v) is 5.32.